The third-order valence-corrected chi connectivity index (χ3v) is 9.80. The molecule has 0 radical (unpaired) electrons. The lowest BCUT2D eigenvalue weighted by Gasteiger charge is -2.34. The number of fused-ring (bicyclic) bond motifs is 3. The van der Waals surface area contributed by atoms with Gasteiger partial charge in [0.2, 0.25) is 0 Å². The summed E-state index contributed by atoms with van der Waals surface area (Å²) >= 11 is 0. The number of phenols is 1. The SMILES string of the molecule is CCc1c(F)ccc2cc(O)cc(N3Cc4nc(OC[C@@]56CCCN5C[C@H](F)C6)nc(N5CCCC(CO)C5)c4C3=O)c12. The van der Waals surface area contributed by atoms with E-state index in [0.717, 1.165) is 32.2 Å². The largest absolute Gasteiger partial charge is 0.508 e. The highest BCUT2D eigenvalue weighted by Crippen LogP contribution is 2.43. The van der Waals surface area contributed by atoms with Gasteiger partial charge in [-0.05, 0) is 67.6 Å². The molecule has 228 valence electrons. The predicted octanol–water partition coefficient (Wildman–Crippen LogP) is 4.36. The Morgan fingerprint density at radius 3 is 2.84 bits per heavy atom. The van der Waals surface area contributed by atoms with E-state index in [2.05, 4.69) is 4.90 Å². The molecule has 9 nitrogen and oxygen atoms in total. The number of ether oxygens (including phenoxy) is 1. The highest BCUT2D eigenvalue weighted by Gasteiger charge is 2.49. The molecule has 3 atom stereocenters. The summed E-state index contributed by atoms with van der Waals surface area (Å²) in [5.41, 5.74) is 1.34. The standard InChI is InChI=1S/C32H37F2N5O4/c1-2-23-24(34)7-6-20-11-22(41)12-26(27(20)23)39-16-25-28(30(39)42)29(37-9-3-5-19(14-37)17-40)36-31(35-25)43-18-32-8-4-10-38(32)15-21(33)13-32/h6-7,11-12,19,21,40-41H,2-5,8-10,13-18H2,1H3/t19?,21-,32+/m1/s1. The Morgan fingerprint density at radius 1 is 1.16 bits per heavy atom. The highest BCUT2D eigenvalue weighted by atomic mass is 19.1. The summed E-state index contributed by atoms with van der Waals surface area (Å²) < 4.78 is 35.6. The van der Waals surface area contributed by atoms with Gasteiger partial charge in [0.05, 0.1) is 23.5 Å². The van der Waals surface area contributed by atoms with Crippen LogP contribution in [0, 0.1) is 11.7 Å². The molecule has 1 unspecified atom stereocenters. The molecule has 1 amide bonds. The fourth-order valence-corrected chi connectivity index (χ4v) is 7.74. The van der Waals surface area contributed by atoms with Crippen LogP contribution in [-0.2, 0) is 13.0 Å². The summed E-state index contributed by atoms with van der Waals surface area (Å²) in [5.74, 6) is -0.231. The van der Waals surface area contributed by atoms with Gasteiger partial charge < -0.3 is 24.7 Å². The zero-order valence-electron chi connectivity index (χ0n) is 24.4. The molecule has 4 aliphatic heterocycles. The van der Waals surface area contributed by atoms with E-state index in [4.69, 9.17) is 14.7 Å². The lowest BCUT2D eigenvalue weighted by molar-refractivity contribution is 0.0995. The van der Waals surface area contributed by atoms with Crippen molar-refractivity contribution in [2.45, 2.75) is 63.7 Å². The first kappa shape index (κ1) is 28.2. The number of aliphatic hydroxyl groups is 1. The molecular weight excluding hydrogens is 556 g/mol. The summed E-state index contributed by atoms with van der Waals surface area (Å²) in [7, 11) is 0. The number of piperidine rings is 1. The molecule has 0 saturated carbocycles. The number of hydrogen-bond acceptors (Lipinski definition) is 8. The van der Waals surface area contributed by atoms with Crippen LogP contribution in [0.25, 0.3) is 10.8 Å². The normalized spacial score (nSPS) is 25.5. The minimum absolute atomic E-state index is 0.0276. The predicted molar refractivity (Wildman–Crippen MR) is 158 cm³/mol. The Bertz CT molecular complexity index is 1590. The number of alkyl halides is 1. The van der Waals surface area contributed by atoms with Gasteiger partial charge in [-0.3, -0.25) is 9.69 Å². The number of aryl methyl sites for hydroxylation is 1. The molecule has 5 heterocycles. The molecule has 43 heavy (non-hydrogen) atoms. The van der Waals surface area contributed by atoms with Gasteiger partial charge in [0, 0.05) is 44.1 Å². The number of aromatic hydroxyl groups is 1. The number of aliphatic hydroxyl groups excluding tert-OH is 1. The van der Waals surface area contributed by atoms with Gasteiger partial charge in [0.25, 0.3) is 5.91 Å². The molecule has 4 aliphatic rings. The Balaban J connectivity index is 1.29. The second-order valence-corrected chi connectivity index (χ2v) is 12.5. The quantitative estimate of drug-likeness (QED) is 0.417. The Hall–Kier alpha value is -3.57. The second kappa shape index (κ2) is 10.9. The Kier molecular flexibility index (Phi) is 7.12. The number of anilines is 2. The zero-order valence-corrected chi connectivity index (χ0v) is 24.4. The van der Waals surface area contributed by atoms with Crippen molar-refractivity contribution < 1.29 is 28.5 Å². The number of hydrogen-bond donors (Lipinski definition) is 2. The van der Waals surface area contributed by atoms with E-state index in [1.165, 1.54) is 17.0 Å². The number of nitrogens with zero attached hydrogens (tertiary/aromatic N) is 5. The second-order valence-electron chi connectivity index (χ2n) is 12.5. The highest BCUT2D eigenvalue weighted by molar-refractivity contribution is 6.16. The molecule has 3 aromatic rings. The van der Waals surface area contributed by atoms with Crippen LogP contribution >= 0.6 is 0 Å². The first-order chi connectivity index (χ1) is 20.8. The number of benzene rings is 2. The minimum Gasteiger partial charge on any atom is -0.508 e. The van der Waals surface area contributed by atoms with Gasteiger partial charge in [-0.2, -0.15) is 9.97 Å². The van der Waals surface area contributed by atoms with Crippen LogP contribution in [0.3, 0.4) is 0 Å². The number of rotatable bonds is 7. The van der Waals surface area contributed by atoms with Crippen molar-refractivity contribution in [2.24, 2.45) is 5.92 Å². The first-order valence-corrected chi connectivity index (χ1v) is 15.3. The smallest absolute Gasteiger partial charge is 0.318 e. The third-order valence-electron chi connectivity index (χ3n) is 9.80. The van der Waals surface area contributed by atoms with Crippen LogP contribution in [0.2, 0.25) is 0 Å². The van der Waals surface area contributed by atoms with Crippen LogP contribution in [0.15, 0.2) is 24.3 Å². The molecule has 1 aromatic heterocycles. The van der Waals surface area contributed by atoms with Crippen molar-refractivity contribution in [3.63, 3.8) is 0 Å². The van der Waals surface area contributed by atoms with Crippen LogP contribution in [0.4, 0.5) is 20.3 Å². The van der Waals surface area contributed by atoms with Crippen molar-refractivity contribution >= 4 is 28.2 Å². The fourth-order valence-electron chi connectivity index (χ4n) is 7.74. The number of halogens is 2. The lowest BCUT2D eigenvalue weighted by Crippen LogP contribution is -2.43. The van der Waals surface area contributed by atoms with Crippen molar-refractivity contribution in [3.8, 4) is 11.8 Å². The monoisotopic (exact) mass is 593 g/mol. The average molecular weight is 594 g/mol. The van der Waals surface area contributed by atoms with Crippen LogP contribution in [-0.4, -0.2) is 82.1 Å². The van der Waals surface area contributed by atoms with E-state index in [1.54, 1.807) is 12.1 Å². The van der Waals surface area contributed by atoms with E-state index < -0.39 is 6.17 Å². The van der Waals surface area contributed by atoms with Gasteiger partial charge in [0.1, 0.15) is 35.7 Å². The molecule has 11 heteroatoms. The van der Waals surface area contributed by atoms with Crippen molar-refractivity contribution in [3.05, 3.63) is 46.9 Å². The summed E-state index contributed by atoms with van der Waals surface area (Å²) in [6.07, 6.45) is 3.51. The number of amides is 1. The molecule has 7 rings (SSSR count). The number of carbonyl (C=O) groups excluding carboxylic acids is 1. The Labute approximate surface area is 249 Å². The third kappa shape index (κ3) is 4.77. The van der Waals surface area contributed by atoms with Gasteiger partial charge >= 0.3 is 6.01 Å². The van der Waals surface area contributed by atoms with Gasteiger partial charge in [-0.15, -0.1) is 0 Å². The molecule has 0 spiro atoms. The molecule has 2 N–H and O–H groups in total. The maximum Gasteiger partial charge on any atom is 0.318 e. The maximum atomic E-state index is 14.9. The summed E-state index contributed by atoms with van der Waals surface area (Å²) in [4.78, 5) is 29.4. The zero-order chi connectivity index (χ0) is 29.9. The van der Waals surface area contributed by atoms with Crippen LogP contribution in [0.1, 0.15) is 60.6 Å². The summed E-state index contributed by atoms with van der Waals surface area (Å²) in [6.45, 7) is 4.71. The molecule has 3 fully saturated rings. The molecule has 0 aliphatic carbocycles. The molecule has 0 bridgehead atoms. The van der Waals surface area contributed by atoms with Crippen LogP contribution in [0.5, 0.6) is 11.8 Å². The fraction of sp³-hybridized carbons (Fsp3) is 0.531. The Morgan fingerprint density at radius 2 is 2.02 bits per heavy atom. The van der Waals surface area contributed by atoms with Crippen LogP contribution < -0.4 is 14.5 Å². The number of carbonyl (C=O) groups is 1. The summed E-state index contributed by atoms with van der Waals surface area (Å²) in [5, 5.41) is 21.7. The van der Waals surface area contributed by atoms with E-state index in [1.807, 2.05) is 11.8 Å². The number of phenolic OH excluding ortho intramolecular Hbond substituents is 1. The number of aromatic nitrogens is 2. The minimum atomic E-state index is -0.884. The molecular formula is C32H37F2N5O4. The molecule has 3 saturated heterocycles. The van der Waals surface area contributed by atoms with Crippen molar-refractivity contribution in [1.82, 2.24) is 14.9 Å². The van der Waals surface area contributed by atoms with Crippen molar-refractivity contribution in [1.29, 1.82) is 0 Å². The molecule has 2 aromatic carbocycles. The average Bonchev–Trinajstić information content (AvgIpc) is 3.65. The van der Waals surface area contributed by atoms with E-state index in [-0.39, 0.29) is 54.7 Å². The van der Waals surface area contributed by atoms with Gasteiger partial charge in [-0.1, -0.05) is 13.0 Å². The van der Waals surface area contributed by atoms with Gasteiger partial charge in [-0.25, -0.2) is 8.78 Å². The van der Waals surface area contributed by atoms with E-state index in [9.17, 15) is 23.8 Å². The van der Waals surface area contributed by atoms with Gasteiger partial charge in [0.15, 0.2) is 0 Å². The lowest BCUT2D eigenvalue weighted by atomic mass is 9.95. The maximum absolute atomic E-state index is 14.9. The van der Waals surface area contributed by atoms with E-state index in [0.29, 0.717) is 71.6 Å². The first-order valence-electron chi connectivity index (χ1n) is 15.3. The summed E-state index contributed by atoms with van der Waals surface area (Å²) in [6, 6.07) is 6.20. The van der Waals surface area contributed by atoms with Crippen molar-refractivity contribution in [2.75, 3.05) is 49.2 Å². The topological polar surface area (TPSA) is 102 Å². The van der Waals surface area contributed by atoms with E-state index >= 15 is 0 Å².